The lowest BCUT2D eigenvalue weighted by Gasteiger charge is -2.22. The number of hydrogen-bond acceptors (Lipinski definition) is 9. The Bertz CT molecular complexity index is 1620. The van der Waals surface area contributed by atoms with Crippen LogP contribution in [0.4, 0.5) is 20.2 Å². The van der Waals surface area contributed by atoms with E-state index in [1.807, 2.05) is 13.0 Å². The number of rotatable bonds is 8. The van der Waals surface area contributed by atoms with Crippen molar-refractivity contribution in [3.05, 3.63) is 57.4 Å². The van der Waals surface area contributed by atoms with Gasteiger partial charge in [-0.2, -0.15) is 10.5 Å². The second kappa shape index (κ2) is 9.86. The first kappa shape index (κ1) is 26.4. The number of aryl methyl sites for hydroxylation is 1. The van der Waals surface area contributed by atoms with Crippen molar-refractivity contribution < 1.29 is 8.78 Å². The second-order valence-corrected chi connectivity index (χ2v) is 12.0. The summed E-state index contributed by atoms with van der Waals surface area (Å²) in [6.45, 7) is 8.76. The third kappa shape index (κ3) is 5.00. The minimum atomic E-state index is -2.54. The molecule has 5 rings (SSSR count). The molecule has 0 spiro atoms. The number of nitrogens with zero attached hydrogens (tertiary/aromatic N) is 7. The number of anilines is 2. The molecule has 3 aromatic heterocycles. The van der Waals surface area contributed by atoms with E-state index in [1.54, 1.807) is 17.8 Å². The van der Waals surface area contributed by atoms with Crippen molar-refractivity contribution in [2.24, 2.45) is 5.41 Å². The largest absolute Gasteiger partial charge is 0.383 e. The van der Waals surface area contributed by atoms with Gasteiger partial charge >= 0.3 is 0 Å². The van der Waals surface area contributed by atoms with Crippen LogP contribution in [-0.2, 0) is 5.54 Å². The SMILES string of the molecule is Cc1scnc1C(Nc1cc(C#N)c2ncc(C#N)c(NCC(C)(C)C)c2c1)c1cn(C2(C(F)F)CC2)nn1. The Morgan fingerprint density at radius 3 is 2.49 bits per heavy atom. The maximum Gasteiger partial charge on any atom is 0.263 e. The predicted octanol–water partition coefficient (Wildman–Crippen LogP) is 5.75. The van der Waals surface area contributed by atoms with Crippen molar-refractivity contribution in [1.29, 1.82) is 10.5 Å². The van der Waals surface area contributed by atoms with E-state index in [0.29, 0.717) is 64.2 Å². The van der Waals surface area contributed by atoms with E-state index in [4.69, 9.17) is 0 Å². The summed E-state index contributed by atoms with van der Waals surface area (Å²) in [4.78, 5) is 9.85. The van der Waals surface area contributed by atoms with E-state index < -0.39 is 18.0 Å². The predicted molar refractivity (Wildman–Crippen MR) is 145 cm³/mol. The number of alkyl halides is 2. The van der Waals surface area contributed by atoms with Gasteiger partial charge in [0, 0.05) is 28.7 Å². The Morgan fingerprint density at radius 1 is 1.15 bits per heavy atom. The summed E-state index contributed by atoms with van der Waals surface area (Å²) in [5.74, 6) is 0. The van der Waals surface area contributed by atoms with Crippen molar-refractivity contribution >= 4 is 33.6 Å². The smallest absolute Gasteiger partial charge is 0.263 e. The van der Waals surface area contributed by atoms with Crippen LogP contribution in [0.5, 0.6) is 0 Å². The van der Waals surface area contributed by atoms with E-state index >= 15 is 0 Å². The molecular formula is C27H27F2N9S. The molecular weight excluding hydrogens is 520 g/mol. The molecule has 0 bridgehead atoms. The van der Waals surface area contributed by atoms with Gasteiger partial charge in [0.05, 0.1) is 39.7 Å². The molecule has 1 unspecified atom stereocenters. The van der Waals surface area contributed by atoms with E-state index in [1.165, 1.54) is 22.2 Å². The van der Waals surface area contributed by atoms with Gasteiger partial charge in [0.25, 0.3) is 6.43 Å². The summed E-state index contributed by atoms with van der Waals surface area (Å²) in [7, 11) is 0. The van der Waals surface area contributed by atoms with Gasteiger partial charge in [-0.05, 0) is 37.3 Å². The fourth-order valence-electron chi connectivity index (χ4n) is 4.44. The highest BCUT2D eigenvalue weighted by Crippen LogP contribution is 2.48. The van der Waals surface area contributed by atoms with Crippen LogP contribution in [0.2, 0.25) is 0 Å². The molecule has 2 N–H and O–H groups in total. The maximum absolute atomic E-state index is 13.7. The van der Waals surface area contributed by atoms with Gasteiger partial charge in [-0.3, -0.25) is 4.98 Å². The molecule has 4 aromatic rings. The Morgan fingerprint density at radius 2 is 1.90 bits per heavy atom. The zero-order chi connectivity index (χ0) is 27.9. The first-order chi connectivity index (χ1) is 18.6. The van der Waals surface area contributed by atoms with Crippen molar-refractivity contribution in [2.45, 2.75) is 58.5 Å². The van der Waals surface area contributed by atoms with E-state index in [-0.39, 0.29) is 5.41 Å². The zero-order valence-electron chi connectivity index (χ0n) is 22.0. The normalized spacial score (nSPS) is 15.1. The molecule has 1 aliphatic carbocycles. The van der Waals surface area contributed by atoms with Crippen LogP contribution in [0.1, 0.15) is 67.0 Å². The number of nitriles is 2. The number of aromatic nitrogens is 5. The third-order valence-corrected chi connectivity index (χ3v) is 7.58. The van der Waals surface area contributed by atoms with Crippen LogP contribution < -0.4 is 10.6 Å². The van der Waals surface area contributed by atoms with Crippen LogP contribution in [0.3, 0.4) is 0 Å². The number of benzene rings is 1. The quantitative estimate of drug-likeness (QED) is 0.285. The highest BCUT2D eigenvalue weighted by atomic mass is 32.1. The number of halogens is 2. The molecule has 0 aliphatic heterocycles. The summed E-state index contributed by atoms with van der Waals surface area (Å²) in [6.07, 6.45) is 1.16. The van der Waals surface area contributed by atoms with Crippen molar-refractivity contribution in [2.75, 3.05) is 17.2 Å². The van der Waals surface area contributed by atoms with Gasteiger partial charge in [0.1, 0.15) is 29.4 Å². The Kier molecular flexibility index (Phi) is 6.69. The molecule has 1 aliphatic rings. The molecule has 1 aromatic carbocycles. The minimum absolute atomic E-state index is 0.0630. The fraction of sp³-hybridized carbons (Fsp3) is 0.407. The van der Waals surface area contributed by atoms with E-state index in [0.717, 1.165) is 4.88 Å². The summed E-state index contributed by atoms with van der Waals surface area (Å²) in [5.41, 5.74) is 3.78. The van der Waals surface area contributed by atoms with Crippen LogP contribution >= 0.6 is 11.3 Å². The molecule has 1 fully saturated rings. The molecule has 200 valence electrons. The fourth-order valence-corrected chi connectivity index (χ4v) is 5.06. The highest BCUT2D eigenvalue weighted by Gasteiger charge is 2.54. The van der Waals surface area contributed by atoms with Crippen molar-refractivity contribution in [3.8, 4) is 12.1 Å². The molecule has 9 nitrogen and oxygen atoms in total. The number of pyridine rings is 1. The summed E-state index contributed by atoms with van der Waals surface area (Å²) >= 11 is 1.46. The number of nitrogens with one attached hydrogen (secondary N) is 2. The van der Waals surface area contributed by atoms with Gasteiger partial charge in [-0.15, -0.1) is 16.4 Å². The Hall–Kier alpha value is -4.16. The molecule has 0 saturated heterocycles. The number of thiazole rings is 1. The maximum atomic E-state index is 13.7. The third-order valence-electron chi connectivity index (χ3n) is 6.81. The first-order valence-electron chi connectivity index (χ1n) is 12.4. The molecule has 1 saturated carbocycles. The zero-order valence-corrected chi connectivity index (χ0v) is 22.8. The topological polar surface area (TPSA) is 128 Å². The van der Waals surface area contributed by atoms with Gasteiger partial charge in [-0.1, -0.05) is 26.0 Å². The van der Waals surface area contributed by atoms with Crippen LogP contribution in [-0.4, -0.2) is 37.9 Å². The summed E-state index contributed by atoms with van der Waals surface area (Å²) in [6, 6.07) is 7.29. The van der Waals surface area contributed by atoms with Crippen molar-refractivity contribution in [1.82, 2.24) is 25.0 Å². The van der Waals surface area contributed by atoms with Gasteiger partial charge in [-0.25, -0.2) is 18.4 Å². The van der Waals surface area contributed by atoms with Gasteiger partial charge < -0.3 is 10.6 Å². The number of hydrogen-bond donors (Lipinski definition) is 2. The van der Waals surface area contributed by atoms with E-state index in [9.17, 15) is 19.3 Å². The lowest BCUT2D eigenvalue weighted by atomic mass is 9.96. The van der Waals surface area contributed by atoms with Crippen LogP contribution in [0, 0.1) is 35.0 Å². The van der Waals surface area contributed by atoms with Gasteiger partial charge in [0.2, 0.25) is 0 Å². The summed E-state index contributed by atoms with van der Waals surface area (Å²) < 4.78 is 28.8. The standard InChI is InChI=1S/C27H27F2N9S/c1-15-21(34-14-39-15)24(20-12-38(37-36-20)27(5-6-27)25(28)29)35-18-7-16(9-30)22-19(8-18)23(17(10-31)11-32-22)33-13-26(2,3)4/h7-8,11-12,14,24-25,35H,5-6,13H2,1-4H3,(H,32,33). The monoisotopic (exact) mass is 547 g/mol. The average molecular weight is 548 g/mol. The molecule has 0 amide bonds. The second-order valence-electron chi connectivity index (χ2n) is 11.0. The lowest BCUT2D eigenvalue weighted by molar-refractivity contribution is 0.0593. The molecule has 39 heavy (non-hydrogen) atoms. The average Bonchev–Trinajstić information content (AvgIpc) is 3.37. The first-order valence-corrected chi connectivity index (χ1v) is 13.3. The molecule has 3 heterocycles. The lowest BCUT2D eigenvalue weighted by Crippen LogP contribution is -2.26. The Balaban J connectivity index is 1.60. The highest BCUT2D eigenvalue weighted by molar-refractivity contribution is 7.09. The molecule has 1 atom stereocenters. The van der Waals surface area contributed by atoms with Crippen molar-refractivity contribution in [3.63, 3.8) is 0 Å². The summed E-state index contributed by atoms with van der Waals surface area (Å²) in [5, 5.41) is 35.4. The van der Waals surface area contributed by atoms with E-state index in [2.05, 4.69) is 63.8 Å². The van der Waals surface area contributed by atoms with Crippen LogP contribution in [0.25, 0.3) is 10.9 Å². The number of fused-ring (bicyclic) bond motifs is 1. The van der Waals surface area contributed by atoms with Crippen LogP contribution in [0.15, 0.2) is 30.0 Å². The molecule has 12 heteroatoms. The molecule has 0 radical (unpaired) electrons. The van der Waals surface area contributed by atoms with Gasteiger partial charge in [0.15, 0.2) is 0 Å². The minimum Gasteiger partial charge on any atom is -0.383 e. The Labute approximate surface area is 228 Å².